The highest BCUT2D eigenvalue weighted by atomic mass is 79.9. The molecule has 1 atom stereocenters. The van der Waals surface area contributed by atoms with E-state index in [0.717, 1.165) is 21.1 Å². The number of fused-ring (bicyclic) bond motifs is 1. The molecule has 5 nitrogen and oxygen atoms in total. The fourth-order valence-corrected chi connectivity index (χ4v) is 3.22. The van der Waals surface area contributed by atoms with E-state index in [0.29, 0.717) is 12.4 Å². The van der Waals surface area contributed by atoms with Crippen molar-refractivity contribution in [3.8, 4) is 0 Å². The first kappa shape index (κ1) is 17.6. The number of nitrogens with zero attached hydrogens (tertiary/aromatic N) is 3. The van der Waals surface area contributed by atoms with Gasteiger partial charge in [0.15, 0.2) is 0 Å². The van der Waals surface area contributed by atoms with Gasteiger partial charge in [-0.1, -0.05) is 46.3 Å². The van der Waals surface area contributed by atoms with E-state index in [4.69, 9.17) is 0 Å². The van der Waals surface area contributed by atoms with Crippen molar-refractivity contribution in [1.82, 2.24) is 14.5 Å². The smallest absolute Gasteiger partial charge is 0.242 e. The van der Waals surface area contributed by atoms with Crippen LogP contribution in [0.2, 0.25) is 0 Å². The van der Waals surface area contributed by atoms with Crippen LogP contribution in [-0.4, -0.2) is 32.5 Å². The number of hydrogen-bond donors (Lipinski definition) is 1. The van der Waals surface area contributed by atoms with Gasteiger partial charge >= 0.3 is 0 Å². The van der Waals surface area contributed by atoms with Crippen LogP contribution >= 0.6 is 15.9 Å². The molecular formula is C19H20BrN3O2. The summed E-state index contributed by atoms with van der Waals surface area (Å²) in [7, 11) is 1.78. The number of likely N-dealkylation sites (N-methyl/N-ethyl adjacent to an activating group) is 1. The van der Waals surface area contributed by atoms with Gasteiger partial charge in [0.05, 0.1) is 11.0 Å². The monoisotopic (exact) mass is 401 g/mol. The summed E-state index contributed by atoms with van der Waals surface area (Å²) in [4.78, 5) is 18.9. The van der Waals surface area contributed by atoms with Gasteiger partial charge in [-0.25, -0.2) is 4.98 Å². The van der Waals surface area contributed by atoms with Crippen molar-refractivity contribution in [2.24, 2.45) is 0 Å². The number of carbonyl (C=O) groups excluding carboxylic acids is 1. The number of amides is 1. The zero-order valence-electron chi connectivity index (χ0n) is 14.2. The van der Waals surface area contributed by atoms with E-state index in [1.807, 2.05) is 48.5 Å². The van der Waals surface area contributed by atoms with E-state index in [1.54, 1.807) is 23.4 Å². The normalized spacial score (nSPS) is 12.3. The standard InChI is InChI=1S/C19H20BrN3O2/c1-13(24)19-21-16-9-5-6-10-17(16)23(19)12-18(25)22(2)11-14-7-3-4-8-15(14)20/h3-10,13,24H,11-12H2,1-2H3. The van der Waals surface area contributed by atoms with Crippen molar-refractivity contribution in [1.29, 1.82) is 0 Å². The number of carbonyl (C=O) groups is 1. The minimum atomic E-state index is -0.742. The minimum Gasteiger partial charge on any atom is -0.385 e. The molecule has 6 heteroatoms. The first-order chi connectivity index (χ1) is 12.0. The zero-order chi connectivity index (χ0) is 18.0. The topological polar surface area (TPSA) is 58.4 Å². The molecule has 0 radical (unpaired) electrons. The Hall–Kier alpha value is -2.18. The molecule has 0 aliphatic carbocycles. The van der Waals surface area contributed by atoms with E-state index in [1.165, 1.54) is 0 Å². The molecule has 3 rings (SSSR count). The number of rotatable bonds is 5. The number of aliphatic hydroxyl groups is 1. The summed E-state index contributed by atoms with van der Waals surface area (Å²) < 4.78 is 2.77. The lowest BCUT2D eigenvalue weighted by Gasteiger charge is -2.20. The van der Waals surface area contributed by atoms with E-state index in [-0.39, 0.29) is 12.5 Å². The maximum absolute atomic E-state index is 12.7. The molecule has 0 aliphatic heterocycles. The van der Waals surface area contributed by atoms with Crippen LogP contribution in [0, 0.1) is 0 Å². The Balaban J connectivity index is 1.84. The van der Waals surface area contributed by atoms with Crippen LogP contribution in [0.25, 0.3) is 11.0 Å². The molecule has 2 aromatic carbocycles. The molecule has 0 bridgehead atoms. The van der Waals surface area contributed by atoms with Crippen LogP contribution in [0.3, 0.4) is 0 Å². The fourth-order valence-electron chi connectivity index (χ4n) is 2.81. The van der Waals surface area contributed by atoms with E-state index in [2.05, 4.69) is 20.9 Å². The largest absolute Gasteiger partial charge is 0.385 e. The van der Waals surface area contributed by atoms with Crippen LogP contribution in [0.1, 0.15) is 24.4 Å². The number of hydrogen-bond acceptors (Lipinski definition) is 3. The number of aliphatic hydroxyl groups excluding tert-OH is 1. The summed E-state index contributed by atoms with van der Waals surface area (Å²) in [5.74, 6) is 0.463. The van der Waals surface area contributed by atoms with Gasteiger partial charge in [0.2, 0.25) is 5.91 Å². The van der Waals surface area contributed by atoms with Crippen molar-refractivity contribution in [2.75, 3.05) is 7.05 Å². The SMILES string of the molecule is CC(O)c1nc2ccccc2n1CC(=O)N(C)Cc1ccccc1Br. The Morgan fingerprint density at radius 3 is 2.64 bits per heavy atom. The summed E-state index contributed by atoms with van der Waals surface area (Å²) >= 11 is 3.51. The van der Waals surface area contributed by atoms with Crippen LogP contribution in [-0.2, 0) is 17.9 Å². The summed E-state index contributed by atoms with van der Waals surface area (Å²) in [6.45, 7) is 2.31. The Morgan fingerprint density at radius 2 is 1.92 bits per heavy atom. The lowest BCUT2D eigenvalue weighted by atomic mass is 10.2. The Kier molecular flexibility index (Phi) is 5.20. The third kappa shape index (κ3) is 3.75. The summed E-state index contributed by atoms with van der Waals surface area (Å²) in [5, 5.41) is 10.0. The first-order valence-electron chi connectivity index (χ1n) is 8.08. The predicted octanol–water partition coefficient (Wildman–Crippen LogP) is 3.51. The molecule has 25 heavy (non-hydrogen) atoms. The summed E-state index contributed by atoms with van der Waals surface area (Å²) in [6, 6.07) is 15.4. The summed E-state index contributed by atoms with van der Waals surface area (Å²) in [6.07, 6.45) is -0.742. The van der Waals surface area contributed by atoms with Gasteiger partial charge in [0, 0.05) is 18.1 Å². The van der Waals surface area contributed by atoms with Crippen molar-refractivity contribution in [2.45, 2.75) is 26.1 Å². The highest BCUT2D eigenvalue weighted by Gasteiger charge is 2.19. The second-order valence-electron chi connectivity index (χ2n) is 6.06. The maximum Gasteiger partial charge on any atom is 0.242 e. The number of halogens is 1. The Bertz CT molecular complexity index is 905. The molecule has 0 saturated heterocycles. The van der Waals surface area contributed by atoms with Crippen LogP contribution in [0.15, 0.2) is 53.0 Å². The average Bonchev–Trinajstić information content (AvgIpc) is 2.96. The van der Waals surface area contributed by atoms with Gasteiger partial charge in [-0.15, -0.1) is 0 Å². The molecule has 3 aromatic rings. The highest BCUT2D eigenvalue weighted by Crippen LogP contribution is 2.21. The van der Waals surface area contributed by atoms with Gasteiger partial charge in [-0.05, 0) is 30.7 Å². The Morgan fingerprint density at radius 1 is 1.24 bits per heavy atom. The average molecular weight is 402 g/mol. The molecule has 0 fully saturated rings. The van der Waals surface area contributed by atoms with Crippen LogP contribution < -0.4 is 0 Å². The third-order valence-corrected chi connectivity index (χ3v) is 4.92. The first-order valence-corrected chi connectivity index (χ1v) is 8.87. The molecule has 1 unspecified atom stereocenters. The predicted molar refractivity (Wildman–Crippen MR) is 101 cm³/mol. The minimum absolute atomic E-state index is 0.0409. The second-order valence-corrected chi connectivity index (χ2v) is 6.92. The van der Waals surface area contributed by atoms with Crippen molar-refractivity contribution < 1.29 is 9.90 Å². The molecule has 1 heterocycles. The number of benzene rings is 2. The second kappa shape index (κ2) is 7.37. The van der Waals surface area contributed by atoms with Gasteiger partial charge < -0.3 is 14.6 Å². The molecular weight excluding hydrogens is 382 g/mol. The van der Waals surface area contributed by atoms with Gasteiger partial charge in [-0.3, -0.25) is 4.79 Å². The number of imidazole rings is 1. The van der Waals surface area contributed by atoms with Gasteiger partial charge in [-0.2, -0.15) is 0 Å². The third-order valence-electron chi connectivity index (χ3n) is 4.14. The Labute approximate surface area is 155 Å². The fraction of sp³-hybridized carbons (Fsp3) is 0.263. The highest BCUT2D eigenvalue weighted by molar-refractivity contribution is 9.10. The number of para-hydroxylation sites is 2. The van der Waals surface area contributed by atoms with Gasteiger partial charge in [0.1, 0.15) is 18.5 Å². The van der Waals surface area contributed by atoms with Crippen molar-refractivity contribution in [3.63, 3.8) is 0 Å². The molecule has 1 aromatic heterocycles. The molecule has 0 aliphatic rings. The lowest BCUT2D eigenvalue weighted by Crippen LogP contribution is -2.30. The molecule has 130 valence electrons. The van der Waals surface area contributed by atoms with Crippen molar-refractivity contribution >= 4 is 32.9 Å². The molecule has 1 amide bonds. The molecule has 0 spiro atoms. The molecule has 0 saturated carbocycles. The van der Waals surface area contributed by atoms with Crippen LogP contribution in [0.4, 0.5) is 0 Å². The van der Waals surface area contributed by atoms with E-state index < -0.39 is 6.10 Å². The van der Waals surface area contributed by atoms with E-state index in [9.17, 15) is 9.90 Å². The van der Waals surface area contributed by atoms with Crippen molar-refractivity contribution in [3.05, 3.63) is 64.4 Å². The quantitative estimate of drug-likeness (QED) is 0.711. The van der Waals surface area contributed by atoms with E-state index >= 15 is 0 Å². The molecule has 1 N–H and O–H groups in total. The lowest BCUT2D eigenvalue weighted by molar-refractivity contribution is -0.131. The number of aromatic nitrogens is 2. The van der Waals surface area contributed by atoms with Crippen LogP contribution in [0.5, 0.6) is 0 Å². The maximum atomic E-state index is 12.7. The zero-order valence-corrected chi connectivity index (χ0v) is 15.8. The summed E-state index contributed by atoms with van der Waals surface area (Å²) in [5.41, 5.74) is 2.67. The van der Waals surface area contributed by atoms with Gasteiger partial charge in [0.25, 0.3) is 0 Å².